The summed E-state index contributed by atoms with van der Waals surface area (Å²) in [5.41, 5.74) is 1.02. The number of amides is 2. The van der Waals surface area contributed by atoms with Crippen molar-refractivity contribution in [2.75, 3.05) is 26.9 Å². The summed E-state index contributed by atoms with van der Waals surface area (Å²) in [7, 11) is 1.55. The summed E-state index contributed by atoms with van der Waals surface area (Å²) in [6.07, 6.45) is 0.762. The zero-order valence-corrected chi connectivity index (χ0v) is 16.4. The van der Waals surface area contributed by atoms with Crippen molar-refractivity contribution in [1.82, 2.24) is 10.6 Å². The van der Waals surface area contributed by atoms with Crippen LogP contribution in [0.1, 0.15) is 31.4 Å². The first kappa shape index (κ1) is 20.7. The highest BCUT2D eigenvalue weighted by atomic mass is 16.6. The first-order valence-electron chi connectivity index (χ1n) is 9.43. The first-order chi connectivity index (χ1) is 14.0. The molecule has 0 saturated carbocycles. The largest absolute Gasteiger partial charge is 0.497 e. The van der Waals surface area contributed by atoms with E-state index >= 15 is 0 Å². The van der Waals surface area contributed by atoms with Crippen LogP contribution in [0.4, 0.5) is 4.79 Å². The lowest BCUT2D eigenvalue weighted by Crippen LogP contribution is -2.47. The second-order valence-corrected chi connectivity index (χ2v) is 6.53. The molecule has 0 radical (unpaired) electrons. The maximum absolute atomic E-state index is 12.7. The molecule has 2 amide bonds. The highest BCUT2D eigenvalue weighted by molar-refractivity contribution is 5.95. The van der Waals surface area contributed by atoms with Crippen LogP contribution in [0.2, 0.25) is 0 Å². The molecule has 0 unspecified atom stereocenters. The number of urea groups is 1. The Bertz CT molecular complexity index is 798. The minimum atomic E-state index is -0.759. The number of benzene rings is 1. The van der Waals surface area contributed by atoms with Gasteiger partial charge in [0.1, 0.15) is 12.4 Å². The molecule has 0 aliphatic carbocycles. The molecule has 1 saturated heterocycles. The molecule has 2 atom stereocenters. The van der Waals surface area contributed by atoms with Crippen LogP contribution < -0.4 is 15.4 Å². The fourth-order valence-corrected chi connectivity index (χ4v) is 3.23. The number of rotatable bonds is 7. The van der Waals surface area contributed by atoms with E-state index in [2.05, 4.69) is 10.6 Å². The van der Waals surface area contributed by atoms with Crippen molar-refractivity contribution in [3.05, 3.63) is 41.1 Å². The lowest BCUT2D eigenvalue weighted by molar-refractivity contribution is -0.153. The van der Waals surface area contributed by atoms with Crippen molar-refractivity contribution in [2.45, 2.75) is 31.9 Å². The topological polar surface area (TPSA) is 112 Å². The Labute approximate surface area is 168 Å². The first-order valence-corrected chi connectivity index (χ1v) is 9.43. The van der Waals surface area contributed by atoms with Gasteiger partial charge in [0, 0.05) is 6.61 Å². The van der Waals surface area contributed by atoms with Gasteiger partial charge in [-0.2, -0.15) is 0 Å². The number of carbonyl (C=O) groups excluding carboxylic acids is 3. The molecule has 1 aromatic rings. The molecule has 1 fully saturated rings. The average Bonchev–Trinajstić information content (AvgIpc) is 3.26. The van der Waals surface area contributed by atoms with Crippen molar-refractivity contribution < 1.29 is 33.3 Å². The van der Waals surface area contributed by atoms with E-state index in [-0.39, 0.29) is 24.5 Å². The van der Waals surface area contributed by atoms with Crippen LogP contribution >= 0.6 is 0 Å². The minimum Gasteiger partial charge on any atom is -0.497 e. The molecule has 2 N–H and O–H groups in total. The fourth-order valence-electron chi connectivity index (χ4n) is 3.23. The summed E-state index contributed by atoms with van der Waals surface area (Å²) >= 11 is 0. The molecule has 156 valence electrons. The summed E-state index contributed by atoms with van der Waals surface area (Å²) in [4.78, 5) is 37.0. The summed E-state index contributed by atoms with van der Waals surface area (Å²) < 4.78 is 20.9. The molecule has 29 heavy (non-hydrogen) atoms. The number of ether oxygens (including phenoxy) is 4. The van der Waals surface area contributed by atoms with Gasteiger partial charge in [-0.25, -0.2) is 14.4 Å². The predicted octanol–water partition coefficient (Wildman–Crippen LogP) is 1.59. The van der Waals surface area contributed by atoms with E-state index in [9.17, 15) is 14.4 Å². The third-order valence-corrected chi connectivity index (χ3v) is 4.65. The van der Waals surface area contributed by atoms with E-state index in [4.69, 9.17) is 18.9 Å². The third-order valence-electron chi connectivity index (χ3n) is 4.65. The average molecular weight is 404 g/mol. The van der Waals surface area contributed by atoms with Gasteiger partial charge in [0.2, 0.25) is 0 Å². The van der Waals surface area contributed by atoms with Gasteiger partial charge < -0.3 is 29.6 Å². The van der Waals surface area contributed by atoms with Crippen molar-refractivity contribution >= 4 is 18.0 Å². The van der Waals surface area contributed by atoms with Crippen LogP contribution in [0.3, 0.4) is 0 Å². The van der Waals surface area contributed by atoms with E-state index in [1.807, 2.05) is 0 Å². The molecular formula is C20H24N2O7. The molecule has 2 heterocycles. The zero-order chi connectivity index (χ0) is 20.8. The highest BCUT2D eigenvalue weighted by Gasteiger charge is 2.35. The van der Waals surface area contributed by atoms with Crippen LogP contribution in [0.5, 0.6) is 5.75 Å². The quantitative estimate of drug-likeness (QED) is 0.664. The lowest BCUT2D eigenvalue weighted by atomic mass is 9.95. The second-order valence-electron chi connectivity index (χ2n) is 6.53. The predicted molar refractivity (Wildman–Crippen MR) is 101 cm³/mol. The Morgan fingerprint density at radius 3 is 2.59 bits per heavy atom. The zero-order valence-electron chi connectivity index (χ0n) is 16.4. The normalized spacial score (nSPS) is 21.2. The van der Waals surface area contributed by atoms with Crippen LogP contribution in [0.15, 0.2) is 35.5 Å². The molecule has 9 heteroatoms. The van der Waals surface area contributed by atoms with Crippen molar-refractivity contribution in [3.8, 4) is 5.75 Å². The number of esters is 2. The van der Waals surface area contributed by atoms with Crippen molar-refractivity contribution in [3.63, 3.8) is 0 Å². The highest BCUT2D eigenvalue weighted by Crippen LogP contribution is 2.29. The Hall–Kier alpha value is -3.07. The standard InChI is InChI=1S/C20H24N2O7/c1-3-27-19(24)16-14(11-29-18(23)15-5-4-10-28-15)21-20(25)22-17(16)12-6-8-13(26-2)9-7-12/h6-9,15,17H,3-5,10-11H2,1-2H3,(H2,21,22,25)/t15-,17-/m1/s1. The summed E-state index contributed by atoms with van der Waals surface area (Å²) in [6.45, 7) is 2.09. The van der Waals surface area contributed by atoms with Gasteiger partial charge in [0.25, 0.3) is 0 Å². The Balaban J connectivity index is 1.88. The number of hydrogen-bond donors (Lipinski definition) is 2. The van der Waals surface area contributed by atoms with E-state index in [1.165, 1.54) is 0 Å². The number of methoxy groups -OCH3 is 1. The van der Waals surface area contributed by atoms with E-state index < -0.39 is 30.1 Å². The second kappa shape index (κ2) is 9.42. The summed E-state index contributed by atoms with van der Waals surface area (Å²) in [5, 5.41) is 5.28. The Morgan fingerprint density at radius 1 is 1.21 bits per heavy atom. The van der Waals surface area contributed by atoms with E-state index in [0.717, 1.165) is 6.42 Å². The van der Waals surface area contributed by atoms with Gasteiger partial charge in [-0.1, -0.05) is 12.1 Å². The SMILES string of the molecule is CCOC(=O)C1=C(COC(=O)[C@H]2CCCO2)NC(=O)N[C@@H]1c1ccc(OC)cc1. The van der Waals surface area contributed by atoms with E-state index in [1.54, 1.807) is 38.3 Å². The van der Waals surface area contributed by atoms with Crippen molar-refractivity contribution in [2.24, 2.45) is 0 Å². The van der Waals surface area contributed by atoms with Gasteiger partial charge in [-0.05, 0) is 37.5 Å². The lowest BCUT2D eigenvalue weighted by Gasteiger charge is -2.29. The molecule has 0 bridgehead atoms. The molecule has 2 aliphatic heterocycles. The Kier molecular flexibility index (Phi) is 6.71. The molecule has 2 aliphatic rings. The number of carbonyl (C=O) groups is 3. The number of nitrogens with one attached hydrogen (secondary N) is 2. The Morgan fingerprint density at radius 2 is 1.97 bits per heavy atom. The smallest absolute Gasteiger partial charge is 0.338 e. The van der Waals surface area contributed by atoms with Crippen LogP contribution in [-0.2, 0) is 23.8 Å². The van der Waals surface area contributed by atoms with Gasteiger partial charge >= 0.3 is 18.0 Å². The third kappa shape index (κ3) is 4.86. The van der Waals surface area contributed by atoms with Crippen molar-refractivity contribution in [1.29, 1.82) is 0 Å². The molecular weight excluding hydrogens is 380 g/mol. The van der Waals surface area contributed by atoms with E-state index in [0.29, 0.717) is 24.3 Å². The van der Waals surface area contributed by atoms with Gasteiger partial charge in [0.15, 0.2) is 6.10 Å². The molecule has 3 rings (SSSR count). The maximum Gasteiger partial charge on any atom is 0.338 e. The fraction of sp³-hybridized carbons (Fsp3) is 0.450. The van der Waals surface area contributed by atoms with Crippen LogP contribution in [0, 0.1) is 0 Å². The summed E-state index contributed by atoms with van der Waals surface area (Å²) in [6, 6.07) is 5.66. The number of hydrogen-bond acceptors (Lipinski definition) is 7. The molecule has 0 spiro atoms. The maximum atomic E-state index is 12.7. The molecule has 9 nitrogen and oxygen atoms in total. The minimum absolute atomic E-state index is 0.161. The van der Waals surface area contributed by atoms with Gasteiger partial charge in [-0.3, -0.25) is 0 Å². The van der Waals surface area contributed by atoms with Crippen LogP contribution in [-0.4, -0.2) is 51.0 Å². The summed E-state index contributed by atoms with van der Waals surface area (Å²) in [5.74, 6) is -0.489. The van der Waals surface area contributed by atoms with Gasteiger partial charge in [0.05, 0.1) is 31.0 Å². The molecule has 0 aromatic heterocycles. The van der Waals surface area contributed by atoms with Gasteiger partial charge in [-0.15, -0.1) is 0 Å². The monoisotopic (exact) mass is 404 g/mol. The molecule has 1 aromatic carbocycles. The van der Waals surface area contributed by atoms with Crippen LogP contribution in [0.25, 0.3) is 0 Å².